The van der Waals surface area contributed by atoms with Gasteiger partial charge in [0.2, 0.25) is 0 Å². The van der Waals surface area contributed by atoms with Gasteiger partial charge in [0, 0.05) is 19.6 Å². The van der Waals surface area contributed by atoms with Crippen molar-refractivity contribution in [1.82, 2.24) is 10.2 Å². The average Bonchev–Trinajstić information content (AvgIpc) is 3.04. The summed E-state index contributed by atoms with van der Waals surface area (Å²) in [5.74, 6) is 1.46. The van der Waals surface area contributed by atoms with Gasteiger partial charge in [0.15, 0.2) is 5.96 Å². The first kappa shape index (κ1) is 13.0. The molecule has 5 nitrogen and oxygen atoms in total. The Labute approximate surface area is 108 Å². The summed E-state index contributed by atoms with van der Waals surface area (Å²) >= 11 is 0. The number of furan rings is 1. The van der Waals surface area contributed by atoms with E-state index in [-0.39, 0.29) is 0 Å². The van der Waals surface area contributed by atoms with Crippen molar-refractivity contribution < 1.29 is 9.52 Å². The van der Waals surface area contributed by atoms with Gasteiger partial charge in [0.25, 0.3) is 0 Å². The van der Waals surface area contributed by atoms with E-state index in [1.807, 2.05) is 0 Å². The van der Waals surface area contributed by atoms with Crippen molar-refractivity contribution in [2.24, 2.45) is 4.99 Å². The zero-order valence-electron chi connectivity index (χ0n) is 10.8. The van der Waals surface area contributed by atoms with E-state index < -0.39 is 6.10 Å². The van der Waals surface area contributed by atoms with Gasteiger partial charge in [-0.1, -0.05) is 0 Å². The minimum Gasteiger partial charge on any atom is -0.467 e. The Morgan fingerprint density at radius 1 is 1.56 bits per heavy atom. The number of nitrogens with zero attached hydrogens (tertiary/aromatic N) is 2. The number of nitrogens with one attached hydrogen (secondary N) is 1. The van der Waals surface area contributed by atoms with Crippen molar-refractivity contribution >= 4 is 5.96 Å². The fourth-order valence-electron chi connectivity index (χ4n) is 2.10. The molecule has 18 heavy (non-hydrogen) atoms. The molecule has 2 heterocycles. The molecule has 0 bridgehead atoms. The molecule has 1 aromatic heterocycles. The van der Waals surface area contributed by atoms with Crippen molar-refractivity contribution in [3.05, 3.63) is 24.2 Å². The quantitative estimate of drug-likeness (QED) is 0.627. The van der Waals surface area contributed by atoms with Crippen molar-refractivity contribution in [2.75, 3.05) is 26.2 Å². The zero-order valence-corrected chi connectivity index (χ0v) is 10.8. The molecule has 0 saturated carbocycles. The summed E-state index contributed by atoms with van der Waals surface area (Å²) in [6, 6.07) is 3.54. The largest absolute Gasteiger partial charge is 0.467 e. The molecule has 2 rings (SSSR count). The minimum absolute atomic E-state index is 0.326. The third-order valence-electron chi connectivity index (χ3n) is 3.03. The van der Waals surface area contributed by atoms with E-state index in [0.717, 1.165) is 25.6 Å². The number of hydrogen-bond donors (Lipinski definition) is 2. The maximum absolute atomic E-state index is 9.92. The predicted molar refractivity (Wildman–Crippen MR) is 70.5 cm³/mol. The lowest BCUT2D eigenvalue weighted by Crippen LogP contribution is -2.39. The highest BCUT2D eigenvalue weighted by Crippen LogP contribution is 2.14. The van der Waals surface area contributed by atoms with Crippen molar-refractivity contribution in [3.8, 4) is 0 Å². The van der Waals surface area contributed by atoms with E-state index in [2.05, 4.69) is 22.1 Å². The molecular weight excluding hydrogens is 230 g/mol. The maximum Gasteiger partial charge on any atom is 0.194 e. The van der Waals surface area contributed by atoms with Crippen LogP contribution in [-0.4, -0.2) is 42.1 Å². The van der Waals surface area contributed by atoms with Crippen LogP contribution >= 0.6 is 0 Å². The molecule has 100 valence electrons. The smallest absolute Gasteiger partial charge is 0.194 e. The summed E-state index contributed by atoms with van der Waals surface area (Å²) in [5.41, 5.74) is 0. The molecule has 0 aromatic carbocycles. The van der Waals surface area contributed by atoms with Gasteiger partial charge in [-0.3, -0.25) is 0 Å². The number of aliphatic imine (C=N–C) groups is 1. The van der Waals surface area contributed by atoms with Gasteiger partial charge in [-0.2, -0.15) is 0 Å². The topological polar surface area (TPSA) is 61.0 Å². The number of aliphatic hydroxyl groups excluding tert-OH is 1. The molecular formula is C13H21N3O2. The predicted octanol–water partition coefficient (Wildman–Crippen LogP) is 1.37. The van der Waals surface area contributed by atoms with E-state index in [1.54, 1.807) is 18.4 Å². The zero-order chi connectivity index (χ0) is 12.8. The molecule has 0 radical (unpaired) electrons. The lowest BCUT2D eigenvalue weighted by atomic mass is 10.3. The fourth-order valence-corrected chi connectivity index (χ4v) is 2.10. The molecule has 1 unspecified atom stereocenters. The van der Waals surface area contributed by atoms with E-state index in [0.29, 0.717) is 12.3 Å². The lowest BCUT2D eigenvalue weighted by Gasteiger charge is -2.21. The van der Waals surface area contributed by atoms with Gasteiger partial charge in [0.05, 0.1) is 12.8 Å². The van der Waals surface area contributed by atoms with Crippen LogP contribution in [0.5, 0.6) is 0 Å². The van der Waals surface area contributed by atoms with Crippen LogP contribution in [0.1, 0.15) is 31.6 Å². The molecule has 0 amide bonds. The standard InChI is InChI=1S/C13H21N3O2/c1-2-14-13(16-7-3-4-8-16)15-10-11(17)12-6-5-9-18-12/h5-6,9,11,17H,2-4,7-8,10H2,1H3,(H,14,15). The van der Waals surface area contributed by atoms with Crippen LogP contribution in [0.3, 0.4) is 0 Å². The summed E-state index contributed by atoms with van der Waals surface area (Å²) in [4.78, 5) is 6.71. The van der Waals surface area contributed by atoms with Gasteiger partial charge < -0.3 is 19.7 Å². The molecule has 5 heteroatoms. The molecule has 1 atom stereocenters. The number of rotatable bonds is 4. The number of hydrogen-bond acceptors (Lipinski definition) is 3. The molecule has 2 N–H and O–H groups in total. The minimum atomic E-state index is -0.670. The molecule has 1 aromatic rings. The second-order valence-corrected chi connectivity index (χ2v) is 4.42. The van der Waals surface area contributed by atoms with E-state index >= 15 is 0 Å². The molecule has 1 aliphatic rings. The van der Waals surface area contributed by atoms with Crippen LogP contribution in [0.2, 0.25) is 0 Å². The summed E-state index contributed by atoms with van der Waals surface area (Å²) < 4.78 is 5.16. The first-order valence-corrected chi connectivity index (χ1v) is 6.56. The van der Waals surface area contributed by atoms with Gasteiger partial charge in [0.1, 0.15) is 11.9 Å². The second-order valence-electron chi connectivity index (χ2n) is 4.42. The average molecular weight is 251 g/mol. The van der Waals surface area contributed by atoms with Crippen LogP contribution in [-0.2, 0) is 0 Å². The lowest BCUT2D eigenvalue weighted by molar-refractivity contribution is 0.158. The summed E-state index contributed by atoms with van der Waals surface area (Å²) in [7, 11) is 0. The third kappa shape index (κ3) is 3.26. The number of guanidine groups is 1. The van der Waals surface area contributed by atoms with Gasteiger partial charge in [-0.25, -0.2) is 4.99 Å². The maximum atomic E-state index is 9.92. The Morgan fingerprint density at radius 2 is 2.33 bits per heavy atom. The van der Waals surface area contributed by atoms with Crippen molar-refractivity contribution in [2.45, 2.75) is 25.9 Å². The Bertz CT molecular complexity index is 370. The summed E-state index contributed by atoms with van der Waals surface area (Å²) in [6.07, 6.45) is 3.32. The Balaban J connectivity index is 1.95. The van der Waals surface area contributed by atoms with Gasteiger partial charge in [-0.15, -0.1) is 0 Å². The van der Waals surface area contributed by atoms with Crippen LogP contribution in [0, 0.1) is 0 Å². The monoisotopic (exact) mass is 251 g/mol. The van der Waals surface area contributed by atoms with Crippen LogP contribution < -0.4 is 5.32 Å². The molecule has 1 saturated heterocycles. The van der Waals surface area contributed by atoms with E-state index in [1.165, 1.54) is 12.8 Å². The third-order valence-corrected chi connectivity index (χ3v) is 3.03. The highest BCUT2D eigenvalue weighted by atomic mass is 16.4. The molecule has 1 fully saturated rings. The highest BCUT2D eigenvalue weighted by Gasteiger charge is 2.16. The van der Waals surface area contributed by atoms with E-state index in [4.69, 9.17) is 4.42 Å². The van der Waals surface area contributed by atoms with Crippen molar-refractivity contribution in [1.29, 1.82) is 0 Å². The second kappa shape index (κ2) is 6.44. The first-order valence-electron chi connectivity index (χ1n) is 6.56. The van der Waals surface area contributed by atoms with E-state index in [9.17, 15) is 5.11 Å². The Morgan fingerprint density at radius 3 is 2.94 bits per heavy atom. The SMILES string of the molecule is CCNC(=NCC(O)c1ccco1)N1CCCC1. The van der Waals surface area contributed by atoms with Crippen LogP contribution in [0.25, 0.3) is 0 Å². The number of likely N-dealkylation sites (tertiary alicyclic amines) is 1. The fraction of sp³-hybridized carbons (Fsp3) is 0.615. The van der Waals surface area contributed by atoms with Crippen LogP contribution in [0.4, 0.5) is 0 Å². The Hall–Kier alpha value is -1.49. The number of aliphatic hydroxyl groups is 1. The summed E-state index contributed by atoms with van der Waals surface area (Å²) in [5, 5.41) is 13.2. The van der Waals surface area contributed by atoms with Gasteiger partial charge >= 0.3 is 0 Å². The van der Waals surface area contributed by atoms with Crippen molar-refractivity contribution in [3.63, 3.8) is 0 Å². The van der Waals surface area contributed by atoms with Gasteiger partial charge in [-0.05, 0) is 31.9 Å². The molecule has 0 aliphatic carbocycles. The first-order chi connectivity index (χ1) is 8.81. The highest BCUT2D eigenvalue weighted by molar-refractivity contribution is 5.80. The van der Waals surface area contributed by atoms with Crippen LogP contribution in [0.15, 0.2) is 27.8 Å². The summed E-state index contributed by atoms with van der Waals surface area (Å²) in [6.45, 7) is 5.30. The molecule has 1 aliphatic heterocycles. The molecule has 0 spiro atoms. The normalized spacial score (nSPS) is 18.1. The Kier molecular flexibility index (Phi) is 4.64.